The third-order valence-electron chi connectivity index (χ3n) is 5.77. The first kappa shape index (κ1) is 23.5. The molecule has 0 saturated carbocycles. The van der Waals surface area contributed by atoms with E-state index < -0.39 is 18.1 Å². The molecule has 174 valence electrons. The minimum Gasteiger partial charge on any atom is -0.489 e. The van der Waals surface area contributed by atoms with E-state index in [1.807, 2.05) is 30.3 Å². The number of nitrogens with one attached hydrogen (secondary N) is 4. The number of carbonyl (C=O) groups is 3. The maximum Gasteiger partial charge on any atom is 0.243 e. The average molecular weight is 445 g/mol. The third-order valence-corrected chi connectivity index (χ3v) is 5.77. The Balaban J connectivity index is 1.49. The number of hydrogen-bond donors (Lipinski definition) is 5. The lowest BCUT2D eigenvalue weighted by Gasteiger charge is -2.27. The molecule has 0 radical (unpaired) electrons. The van der Waals surface area contributed by atoms with Crippen molar-refractivity contribution in [3.63, 3.8) is 0 Å². The Morgan fingerprint density at radius 1 is 1.34 bits per heavy atom. The summed E-state index contributed by atoms with van der Waals surface area (Å²) >= 11 is 0. The molecule has 2 amide bonds. The summed E-state index contributed by atoms with van der Waals surface area (Å²) in [5.41, 5.74) is 5.23. The van der Waals surface area contributed by atoms with Gasteiger partial charge in [0.1, 0.15) is 24.2 Å². The molecule has 32 heavy (non-hydrogen) atoms. The van der Waals surface area contributed by atoms with Crippen LogP contribution >= 0.6 is 0 Å². The van der Waals surface area contributed by atoms with Gasteiger partial charge in [0.05, 0.1) is 12.1 Å². The fourth-order valence-electron chi connectivity index (χ4n) is 4.17. The number of amides is 2. The standard InChI is InChI=1S/C22H32N6O4/c23-22(24)25-10-4-6-15(14-29)27-20(30)19-9-5-11-28(19)21(31)18-12-17(13-26-18)32-16-7-2-1-3-8-16/h1-3,7-8,14-15,17-19,26H,4-6,9-13H2,(H,27,30)(H4,23,24,25)/t15-,17?,18-,19-/m0/s1. The van der Waals surface area contributed by atoms with E-state index in [1.165, 1.54) is 0 Å². The van der Waals surface area contributed by atoms with Crippen LogP contribution in [0.15, 0.2) is 30.3 Å². The molecule has 6 N–H and O–H groups in total. The lowest BCUT2D eigenvalue weighted by molar-refractivity contribution is -0.140. The Labute approximate surface area is 187 Å². The summed E-state index contributed by atoms with van der Waals surface area (Å²) in [4.78, 5) is 38.9. The van der Waals surface area contributed by atoms with Crippen LogP contribution < -0.4 is 26.4 Å². The fourth-order valence-corrected chi connectivity index (χ4v) is 4.17. The summed E-state index contributed by atoms with van der Waals surface area (Å²) in [6.07, 6.45) is 3.46. The molecule has 4 atom stereocenters. The van der Waals surface area contributed by atoms with E-state index in [4.69, 9.17) is 15.9 Å². The maximum atomic E-state index is 13.1. The molecule has 2 fully saturated rings. The van der Waals surface area contributed by atoms with Gasteiger partial charge in [-0.05, 0) is 37.8 Å². The van der Waals surface area contributed by atoms with Gasteiger partial charge in [0.25, 0.3) is 0 Å². The zero-order valence-corrected chi connectivity index (χ0v) is 18.1. The largest absolute Gasteiger partial charge is 0.489 e. The van der Waals surface area contributed by atoms with Crippen LogP contribution in [0.4, 0.5) is 0 Å². The van der Waals surface area contributed by atoms with Gasteiger partial charge in [-0.25, -0.2) is 0 Å². The second-order valence-corrected chi connectivity index (χ2v) is 8.17. The van der Waals surface area contributed by atoms with Crippen molar-refractivity contribution in [3.05, 3.63) is 30.3 Å². The summed E-state index contributed by atoms with van der Waals surface area (Å²) in [5.74, 6) is 0.232. The molecule has 10 nitrogen and oxygen atoms in total. The van der Waals surface area contributed by atoms with E-state index in [9.17, 15) is 14.4 Å². The van der Waals surface area contributed by atoms with Gasteiger partial charge in [-0.15, -0.1) is 0 Å². The molecule has 2 aliphatic rings. The van der Waals surface area contributed by atoms with Gasteiger partial charge in [-0.2, -0.15) is 0 Å². The zero-order chi connectivity index (χ0) is 22.9. The van der Waals surface area contributed by atoms with Crippen LogP contribution in [0.5, 0.6) is 5.75 Å². The van der Waals surface area contributed by atoms with Gasteiger partial charge in [-0.1, -0.05) is 18.2 Å². The number of ether oxygens (including phenoxy) is 1. The number of likely N-dealkylation sites (tertiary alicyclic amines) is 1. The number of nitrogens with two attached hydrogens (primary N) is 1. The van der Waals surface area contributed by atoms with Crippen LogP contribution in [0, 0.1) is 5.41 Å². The quantitative estimate of drug-likeness (QED) is 0.144. The monoisotopic (exact) mass is 444 g/mol. The maximum absolute atomic E-state index is 13.1. The first-order chi connectivity index (χ1) is 15.5. The van der Waals surface area contributed by atoms with Gasteiger partial charge >= 0.3 is 0 Å². The number of rotatable bonds is 10. The van der Waals surface area contributed by atoms with Gasteiger partial charge in [0.2, 0.25) is 11.8 Å². The Morgan fingerprint density at radius 3 is 2.84 bits per heavy atom. The Kier molecular flexibility index (Phi) is 8.43. The van der Waals surface area contributed by atoms with Crippen molar-refractivity contribution in [1.29, 1.82) is 5.41 Å². The second-order valence-electron chi connectivity index (χ2n) is 8.17. The van der Waals surface area contributed by atoms with Crippen LogP contribution in [0.1, 0.15) is 32.1 Å². The molecule has 2 heterocycles. The predicted octanol–water partition coefficient (Wildman–Crippen LogP) is -0.266. The van der Waals surface area contributed by atoms with Crippen molar-refractivity contribution in [2.45, 2.75) is 56.3 Å². The summed E-state index contributed by atoms with van der Waals surface area (Å²) < 4.78 is 5.94. The normalized spacial score (nSPS) is 23.4. The van der Waals surface area contributed by atoms with Crippen LogP contribution in [-0.2, 0) is 14.4 Å². The van der Waals surface area contributed by atoms with Gasteiger partial charge in [0, 0.05) is 26.1 Å². The molecule has 0 aromatic heterocycles. The molecule has 1 aromatic carbocycles. The highest BCUT2D eigenvalue weighted by Crippen LogP contribution is 2.23. The van der Waals surface area contributed by atoms with E-state index >= 15 is 0 Å². The molecule has 0 spiro atoms. The molecular weight excluding hydrogens is 412 g/mol. The average Bonchev–Trinajstić information content (AvgIpc) is 3.46. The van der Waals surface area contributed by atoms with E-state index in [2.05, 4.69) is 16.0 Å². The molecule has 0 aliphatic carbocycles. The van der Waals surface area contributed by atoms with Crippen LogP contribution in [-0.4, -0.2) is 72.8 Å². The third kappa shape index (κ3) is 6.43. The van der Waals surface area contributed by atoms with Crippen molar-refractivity contribution >= 4 is 24.1 Å². The van der Waals surface area contributed by atoms with Crippen molar-refractivity contribution in [3.8, 4) is 5.75 Å². The van der Waals surface area contributed by atoms with Crippen molar-refractivity contribution in [1.82, 2.24) is 20.9 Å². The second kappa shape index (κ2) is 11.5. The molecule has 2 saturated heterocycles. The van der Waals surface area contributed by atoms with E-state index in [1.54, 1.807) is 4.90 Å². The molecule has 1 unspecified atom stereocenters. The molecule has 1 aromatic rings. The number of para-hydroxylation sites is 1. The number of nitrogens with zero attached hydrogens (tertiary/aromatic N) is 1. The minimum absolute atomic E-state index is 0.102. The van der Waals surface area contributed by atoms with Crippen LogP contribution in [0.2, 0.25) is 0 Å². The smallest absolute Gasteiger partial charge is 0.243 e. The number of carbonyl (C=O) groups excluding carboxylic acids is 3. The number of hydrogen-bond acceptors (Lipinski definition) is 6. The first-order valence-electron chi connectivity index (χ1n) is 11.1. The van der Waals surface area contributed by atoms with Crippen molar-refractivity contribution < 1.29 is 19.1 Å². The highest BCUT2D eigenvalue weighted by molar-refractivity contribution is 5.91. The topological polar surface area (TPSA) is 150 Å². The van der Waals surface area contributed by atoms with Crippen LogP contribution in [0.3, 0.4) is 0 Å². The fraction of sp³-hybridized carbons (Fsp3) is 0.545. The van der Waals surface area contributed by atoms with Gasteiger partial charge in [-0.3, -0.25) is 15.0 Å². The Morgan fingerprint density at radius 2 is 2.12 bits per heavy atom. The van der Waals surface area contributed by atoms with Crippen LogP contribution in [0.25, 0.3) is 0 Å². The van der Waals surface area contributed by atoms with E-state index in [0.29, 0.717) is 51.6 Å². The Bertz CT molecular complexity index is 805. The highest BCUT2D eigenvalue weighted by atomic mass is 16.5. The summed E-state index contributed by atoms with van der Waals surface area (Å²) in [6, 6.07) is 7.89. The number of aldehydes is 1. The van der Waals surface area contributed by atoms with Crippen molar-refractivity contribution in [2.24, 2.45) is 5.73 Å². The van der Waals surface area contributed by atoms with Crippen molar-refractivity contribution in [2.75, 3.05) is 19.6 Å². The van der Waals surface area contributed by atoms with E-state index in [-0.39, 0.29) is 23.9 Å². The Hall–Kier alpha value is -3.14. The summed E-state index contributed by atoms with van der Waals surface area (Å²) in [6.45, 7) is 1.54. The minimum atomic E-state index is -0.637. The molecule has 0 bridgehead atoms. The van der Waals surface area contributed by atoms with Gasteiger partial charge < -0.3 is 36.1 Å². The zero-order valence-electron chi connectivity index (χ0n) is 18.1. The highest BCUT2D eigenvalue weighted by Gasteiger charge is 2.40. The first-order valence-corrected chi connectivity index (χ1v) is 11.1. The van der Waals surface area contributed by atoms with E-state index in [0.717, 1.165) is 12.2 Å². The molecule has 3 rings (SSSR count). The molecule has 10 heteroatoms. The predicted molar refractivity (Wildman–Crippen MR) is 119 cm³/mol. The summed E-state index contributed by atoms with van der Waals surface area (Å²) in [7, 11) is 0. The number of guanidine groups is 1. The number of benzene rings is 1. The molecular formula is C22H32N6O4. The lowest BCUT2D eigenvalue weighted by Crippen LogP contribution is -2.52. The summed E-state index contributed by atoms with van der Waals surface area (Å²) in [5, 5.41) is 15.8. The SMILES string of the molecule is N=C(N)NCCC[C@@H](C=O)NC(=O)[C@@H]1CCCN1C(=O)[C@@H]1CC(Oc2ccccc2)CN1. The van der Waals surface area contributed by atoms with Gasteiger partial charge in [0.15, 0.2) is 5.96 Å². The lowest BCUT2D eigenvalue weighted by atomic mass is 10.1. The molecule has 2 aliphatic heterocycles.